The van der Waals surface area contributed by atoms with E-state index in [1.54, 1.807) is 0 Å². The Bertz CT molecular complexity index is 1010. The van der Waals surface area contributed by atoms with Gasteiger partial charge in [0.15, 0.2) is 0 Å². The Hall–Kier alpha value is -3.88. The van der Waals surface area contributed by atoms with Gasteiger partial charge in [-0.3, -0.25) is 14.4 Å². The standard InChI is InChI=1S/C25H29N3O6/c1-2-16(11-22(29)26-13-23(30)27-14-24(31)32)12-28-25(33)34-15-21-19-9-5-3-7-17(19)18-8-4-6-10-20(18)21/h3-10,16,21H,2,11-15H2,1H3,(H,26,29)(H,27,30)(H,28,33)(H,31,32). The molecule has 0 saturated heterocycles. The van der Waals surface area contributed by atoms with Crippen molar-refractivity contribution in [2.24, 2.45) is 5.92 Å². The summed E-state index contributed by atoms with van der Waals surface area (Å²) in [4.78, 5) is 46.3. The number of carboxylic acid groups (broad SMARTS) is 1. The SMILES string of the molecule is CCC(CNC(=O)OCC1c2ccccc2-c2ccccc21)CC(=O)NCC(=O)NCC(=O)O. The van der Waals surface area contributed by atoms with Crippen LogP contribution in [0.3, 0.4) is 0 Å². The minimum Gasteiger partial charge on any atom is -0.480 e. The maximum absolute atomic E-state index is 12.3. The summed E-state index contributed by atoms with van der Waals surface area (Å²) in [5.74, 6) is -2.27. The molecular weight excluding hydrogens is 438 g/mol. The Labute approximate surface area is 197 Å². The van der Waals surface area contributed by atoms with Crippen molar-refractivity contribution >= 4 is 23.9 Å². The number of fused-ring (bicyclic) bond motifs is 3. The molecule has 2 aromatic carbocycles. The quantitative estimate of drug-likeness (QED) is 0.401. The van der Waals surface area contributed by atoms with Crippen LogP contribution in [0.25, 0.3) is 11.1 Å². The van der Waals surface area contributed by atoms with Crippen molar-refractivity contribution < 1.29 is 29.0 Å². The van der Waals surface area contributed by atoms with E-state index in [0.29, 0.717) is 6.42 Å². The molecule has 1 unspecified atom stereocenters. The second-order valence-corrected chi connectivity index (χ2v) is 8.13. The second kappa shape index (κ2) is 11.8. The van der Waals surface area contributed by atoms with Gasteiger partial charge in [-0.1, -0.05) is 61.9 Å². The molecule has 2 aromatic rings. The first-order chi connectivity index (χ1) is 16.4. The predicted molar refractivity (Wildman–Crippen MR) is 125 cm³/mol. The summed E-state index contributed by atoms with van der Waals surface area (Å²) in [6.45, 7) is 1.56. The maximum atomic E-state index is 12.3. The molecule has 180 valence electrons. The van der Waals surface area contributed by atoms with Crippen LogP contribution in [0.15, 0.2) is 48.5 Å². The number of hydrogen-bond acceptors (Lipinski definition) is 5. The number of carbonyl (C=O) groups excluding carboxylic acids is 3. The molecule has 4 N–H and O–H groups in total. The molecule has 0 fully saturated rings. The Morgan fingerprint density at radius 2 is 1.47 bits per heavy atom. The minimum atomic E-state index is -1.16. The zero-order valence-electron chi connectivity index (χ0n) is 19.0. The van der Waals surface area contributed by atoms with E-state index in [1.165, 1.54) is 0 Å². The van der Waals surface area contributed by atoms with Crippen LogP contribution in [0.2, 0.25) is 0 Å². The van der Waals surface area contributed by atoms with Crippen LogP contribution in [0.1, 0.15) is 36.8 Å². The second-order valence-electron chi connectivity index (χ2n) is 8.13. The molecular formula is C25H29N3O6. The number of aliphatic carboxylic acids is 1. The molecule has 0 heterocycles. The molecule has 0 aliphatic heterocycles. The molecule has 34 heavy (non-hydrogen) atoms. The van der Waals surface area contributed by atoms with Gasteiger partial charge in [0.25, 0.3) is 0 Å². The number of benzene rings is 2. The molecule has 0 radical (unpaired) electrons. The number of ether oxygens (including phenoxy) is 1. The van der Waals surface area contributed by atoms with Crippen molar-refractivity contribution in [3.63, 3.8) is 0 Å². The van der Waals surface area contributed by atoms with Crippen LogP contribution in [-0.4, -0.2) is 55.2 Å². The Kier molecular flexibility index (Phi) is 8.61. The molecule has 1 aliphatic carbocycles. The van der Waals surface area contributed by atoms with E-state index in [0.717, 1.165) is 22.3 Å². The third-order valence-electron chi connectivity index (χ3n) is 5.81. The minimum absolute atomic E-state index is 0.0295. The van der Waals surface area contributed by atoms with Crippen molar-refractivity contribution in [3.05, 3.63) is 59.7 Å². The third kappa shape index (κ3) is 6.57. The van der Waals surface area contributed by atoms with Crippen LogP contribution < -0.4 is 16.0 Å². The van der Waals surface area contributed by atoms with E-state index in [1.807, 2.05) is 31.2 Å². The summed E-state index contributed by atoms with van der Waals surface area (Å²) in [6.07, 6.45) is 0.211. The van der Waals surface area contributed by atoms with E-state index in [9.17, 15) is 19.2 Å². The summed E-state index contributed by atoms with van der Waals surface area (Å²) in [5.41, 5.74) is 4.57. The van der Waals surface area contributed by atoms with E-state index in [-0.39, 0.29) is 43.9 Å². The average Bonchev–Trinajstić information content (AvgIpc) is 3.16. The van der Waals surface area contributed by atoms with Crippen molar-refractivity contribution in [1.82, 2.24) is 16.0 Å². The zero-order chi connectivity index (χ0) is 24.5. The molecule has 1 atom stereocenters. The molecule has 3 rings (SSSR count). The number of rotatable bonds is 11. The van der Waals surface area contributed by atoms with E-state index < -0.39 is 24.5 Å². The summed E-state index contributed by atoms with van der Waals surface area (Å²) in [6, 6.07) is 16.2. The average molecular weight is 468 g/mol. The fraction of sp³-hybridized carbons (Fsp3) is 0.360. The van der Waals surface area contributed by atoms with Gasteiger partial charge >= 0.3 is 12.1 Å². The van der Waals surface area contributed by atoms with Gasteiger partial charge in [-0.05, 0) is 28.2 Å². The van der Waals surface area contributed by atoms with E-state index >= 15 is 0 Å². The molecule has 0 bridgehead atoms. The third-order valence-corrected chi connectivity index (χ3v) is 5.81. The Morgan fingerprint density at radius 1 is 0.882 bits per heavy atom. The maximum Gasteiger partial charge on any atom is 0.407 e. The summed E-state index contributed by atoms with van der Waals surface area (Å²) in [5, 5.41) is 15.9. The normalized spacial score (nSPS) is 12.7. The largest absolute Gasteiger partial charge is 0.480 e. The van der Waals surface area contributed by atoms with Crippen molar-refractivity contribution in [1.29, 1.82) is 0 Å². The molecule has 1 aliphatic rings. The molecule has 9 heteroatoms. The van der Waals surface area contributed by atoms with Crippen LogP contribution in [0, 0.1) is 5.92 Å². The molecule has 0 aromatic heterocycles. The van der Waals surface area contributed by atoms with Gasteiger partial charge in [-0.2, -0.15) is 0 Å². The number of carbonyl (C=O) groups is 4. The number of amides is 3. The van der Waals surface area contributed by atoms with Crippen LogP contribution >= 0.6 is 0 Å². The van der Waals surface area contributed by atoms with Gasteiger partial charge in [0.05, 0.1) is 6.54 Å². The highest BCUT2D eigenvalue weighted by Gasteiger charge is 2.29. The Balaban J connectivity index is 1.43. The smallest absolute Gasteiger partial charge is 0.407 e. The number of nitrogens with one attached hydrogen (secondary N) is 3. The van der Waals surface area contributed by atoms with Gasteiger partial charge in [-0.15, -0.1) is 0 Å². The lowest BCUT2D eigenvalue weighted by molar-refractivity contribution is -0.137. The van der Waals surface area contributed by atoms with Crippen molar-refractivity contribution in [2.45, 2.75) is 25.7 Å². The predicted octanol–water partition coefficient (Wildman–Crippen LogP) is 2.26. The van der Waals surface area contributed by atoms with Gasteiger partial charge in [0.2, 0.25) is 11.8 Å². The zero-order valence-corrected chi connectivity index (χ0v) is 19.0. The molecule has 3 amide bonds. The highest BCUT2D eigenvalue weighted by molar-refractivity contribution is 5.86. The van der Waals surface area contributed by atoms with Crippen LogP contribution in [0.5, 0.6) is 0 Å². The van der Waals surface area contributed by atoms with E-state index in [2.05, 4.69) is 40.2 Å². The van der Waals surface area contributed by atoms with Gasteiger partial charge < -0.3 is 25.8 Å². The summed E-state index contributed by atoms with van der Waals surface area (Å²) < 4.78 is 5.51. The number of hydrogen-bond donors (Lipinski definition) is 4. The molecule has 0 saturated carbocycles. The highest BCUT2D eigenvalue weighted by atomic mass is 16.5. The number of carboxylic acids is 1. The fourth-order valence-corrected chi connectivity index (χ4v) is 3.99. The lowest BCUT2D eigenvalue weighted by atomic mass is 9.98. The fourth-order valence-electron chi connectivity index (χ4n) is 3.99. The molecule has 9 nitrogen and oxygen atoms in total. The topological polar surface area (TPSA) is 134 Å². The lowest BCUT2D eigenvalue weighted by Gasteiger charge is -2.17. The lowest BCUT2D eigenvalue weighted by Crippen LogP contribution is -2.40. The van der Waals surface area contributed by atoms with E-state index in [4.69, 9.17) is 9.84 Å². The van der Waals surface area contributed by atoms with Gasteiger partial charge in [0.1, 0.15) is 13.2 Å². The Morgan fingerprint density at radius 3 is 2.06 bits per heavy atom. The summed E-state index contributed by atoms with van der Waals surface area (Å²) >= 11 is 0. The van der Waals surface area contributed by atoms with Gasteiger partial charge in [0, 0.05) is 18.9 Å². The van der Waals surface area contributed by atoms with Crippen LogP contribution in [-0.2, 0) is 19.1 Å². The first-order valence-electron chi connectivity index (χ1n) is 11.2. The first kappa shape index (κ1) is 24.8. The van der Waals surface area contributed by atoms with Gasteiger partial charge in [-0.25, -0.2) is 4.79 Å². The summed E-state index contributed by atoms with van der Waals surface area (Å²) in [7, 11) is 0. The highest BCUT2D eigenvalue weighted by Crippen LogP contribution is 2.44. The van der Waals surface area contributed by atoms with Crippen molar-refractivity contribution in [3.8, 4) is 11.1 Å². The van der Waals surface area contributed by atoms with Crippen LogP contribution in [0.4, 0.5) is 4.79 Å². The molecule has 0 spiro atoms. The number of alkyl carbamates (subject to hydrolysis) is 1. The first-order valence-corrected chi connectivity index (χ1v) is 11.2. The van der Waals surface area contributed by atoms with Crippen molar-refractivity contribution in [2.75, 3.05) is 26.2 Å². The monoisotopic (exact) mass is 467 g/mol.